The number of nitrogens with zero attached hydrogens (tertiary/aromatic N) is 1. The highest BCUT2D eigenvalue weighted by Gasteiger charge is 2.33. The van der Waals surface area contributed by atoms with Crippen LogP contribution in [-0.2, 0) is 14.8 Å². The van der Waals surface area contributed by atoms with Gasteiger partial charge in [-0.05, 0) is 23.4 Å². The van der Waals surface area contributed by atoms with Crippen LogP contribution >= 0.6 is 0 Å². The van der Waals surface area contributed by atoms with E-state index in [2.05, 4.69) is 10.3 Å². The molecular weight excluding hydrogens is 259 g/mol. The number of ether oxygens (including phenoxy) is 2. The van der Waals surface area contributed by atoms with Crippen LogP contribution in [0.1, 0.15) is 34.3 Å². The van der Waals surface area contributed by atoms with Gasteiger partial charge in [0.2, 0.25) is 6.29 Å². The fourth-order valence-corrected chi connectivity index (χ4v) is 2.36. The minimum absolute atomic E-state index is 0.209. The van der Waals surface area contributed by atoms with E-state index < -0.39 is 11.6 Å². The van der Waals surface area contributed by atoms with Crippen molar-refractivity contribution in [2.75, 3.05) is 32.7 Å². The van der Waals surface area contributed by atoms with Gasteiger partial charge in [0, 0.05) is 32.9 Å². The largest absolute Gasteiger partial charge is 0.396 e. The molecule has 0 fully saturated rings. The lowest BCUT2D eigenvalue weighted by Crippen LogP contribution is -2.38. The molecule has 0 saturated carbocycles. The van der Waals surface area contributed by atoms with Gasteiger partial charge in [-0.1, -0.05) is 0 Å². The van der Waals surface area contributed by atoms with Crippen LogP contribution in [0.3, 0.4) is 0 Å². The van der Waals surface area contributed by atoms with Crippen molar-refractivity contribution in [3.63, 3.8) is 0 Å². The Bertz CT molecular complexity index is 507. The number of aromatic nitrogens is 1. The zero-order valence-corrected chi connectivity index (χ0v) is 11.5. The Kier molecular flexibility index (Phi) is 4.42. The van der Waals surface area contributed by atoms with Gasteiger partial charge in [-0.25, -0.2) is 4.98 Å². The number of anilines is 1. The Hall–Kier alpha value is -1.44. The second-order valence-corrected chi connectivity index (χ2v) is 4.77. The van der Waals surface area contributed by atoms with Crippen LogP contribution < -0.4 is 5.32 Å². The monoisotopic (exact) mass is 276 g/mol. The summed E-state index contributed by atoms with van der Waals surface area (Å²) < 4.78 is 10.3. The second-order valence-electron chi connectivity index (χ2n) is 4.77. The lowest BCUT2D eigenvalue weighted by molar-refractivity contribution is -0.108. The predicted molar refractivity (Wildman–Crippen MR) is 74.0 cm³/mol. The molecule has 2 radical (unpaired) electrons. The third-order valence-corrected chi connectivity index (χ3v) is 3.54. The summed E-state index contributed by atoms with van der Waals surface area (Å²) in [5, 5.41) is 11.7. The van der Waals surface area contributed by atoms with Gasteiger partial charge in [0.05, 0.1) is 7.85 Å². The first-order chi connectivity index (χ1) is 9.59. The van der Waals surface area contributed by atoms with Gasteiger partial charge in [-0.2, -0.15) is 0 Å². The van der Waals surface area contributed by atoms with E-state index in [9.17, 15) is 9.90 Å². The summed E-state index contributed by atoms with van der Waals surface area (Å²) in [5.74, 6) is 0.549. The van der Waals surface area contributed by atoms with Gasteiger partial charge in [-0.15, -0.1) is 0 Å². The lowest BCUT2D eigenvalue weighted by Gasteiger charge is -2.35. The van der Waals surface area contributed by atoms with Crippen molar-refractivity contribution in [2.45, 2.75) is 18.0 Å². The minimum atomic E-state index is -0.889. The number of carbonyl (C=O) groups excluding carboxylic acids is 1. The molecule has 1 aromatic rings. The average molecular weight is 276 g/mol. The third kappa shape index (κ3) is 2.44. The van der Waals surface area contributed by atoms with E-state index in [1.54, 1.807) is 6.07 Å². The molecule has 0 spiro atoms. The molecule has 7 heteroatoms. The van der Waals surface area contributed by atoms with Crippen LogP contribution in [-0.4, -0.2) is 51.6 Å². The first kappa shape index (κ1) is 15.0. The summed E-state index contributed by atoms with van der Waals surface area (Å²) in [6.45, 7) is 0.389. The standard InChI is InChI=1S/C13H17BN2O4/c1-19-12(20-2)10-8(6-17)5-9-11(16-10)15-4-3-13(9,14)7-18/h5-6,12,18H,3-4,7H2,1-2H3,(H,15,16). The molecule has 1 atom stereocenters. The van der Waals surface area contributed by atoms with Crippen LogP contribution in [0.4, 0.5) is 5.82 Å². The van der Waals surface area contributed by atoms with Crippen molar-refractivity contribution in [1.82, 2.24) is 4.98 Å². The maximum atomic E-state index is 11.3. The summed E-state index contributed by atoms with van der Waals surface area (Å²) in [6, 6.07) is 1.64. The minimum Gasteiger partial charge on any atom is -0.396 e. The van der Waals surface area contributed by atoms with Crippen molar-refractivity contribution in [1.29, 1.82) is 0 Å². The Morgan fingerprint density at radius 2 is 2.30 bits per heavy atom. The highest BCUT2D eigenvalue weighted by atomic mass is 16.7. The van der Waals surface area contributed by atoms with Crippen molar-refractivity contribution in [3.8, 4) is 0 Å². The van der Waals surface area contributed by atoms with E-state index in [0.717, 1.165) is 0 Å². The number of carbonyl (C=O) groups is 1. The Morgan fingerprint density at radius 1 is 1.60 bits per heavy atom. The van der Waals surface area contributed by atoms with E-state index in [4.69, 9.17) is 17.3 Å². The number of pyridine rings is 1. The van der Waals surface area contributed by atoms with Gasteiger partial charge < -0.3 is 19.9 Å². The van der Waals surface area contributed by atoms with E-state index in [1.165, 1.54) is 14.2 Å². The number of rotatable bonds is 5. The number of fused-ring (bicyclic) bond motifs is 1. The smallest absolute Gasteiger partial charge is 0.201 e. The maximum absolute atomic E-state index is 11.3. The molecule has 0 amide bonds. The van der Waals surface area contributed by atoms with Gasteiger partial charge in [-0.3, -0.25) is 4.79 Å². The third-order valence-electron chi connectivity index (χ3n) is 3.54. The van der Waals surface area contributed by atoms with Crippen molar-refractivity contribution in [3.05, 3.63) is 22.9 Å². The summed E-state index contributed by atoms with van der Waals surface area (Å²) >= 11 is 0. The van der Waals surface area contributed by atoms with E-state index >= 15 is 0 Å². The van der Waals surface area contributed by atoms with Crippen LogP contribution in [0.2, 0.25) is 0 Å². The highest BCUT2D eigenvalue weighted by molar-refractivity contribution is 6.17. The number of methoxy groups -OCH3 is 2. The first-order valence-electron chi connectivity index (χ1n) is 6.29. The fourth-order valence-electron chi connectivity index (χ4n) is 2.36. The highest BCUT2D eigenvalue weighted by Crippen LogP contribution is 2.35. The number of hydrogen-bond donors (Lipinski definition) is 2. The van der Waals surface area contributed by atoms with Gasteiger partial charge in [0.25, 0.3) is 0 Å². The molecule has 6 nitrogen and oxygen atoms in total. The molecule has 1 aliphatic rings. The molecular formula is C13H17BN2O4. The molecule has 1 aliphatic heterocycles. The molecule has 20 heavy (non-hydrogen) atoms. The van der Waals surface area contributed by atoms with Crippen LogP contribution in [0.5, 0.6) is 0 Å². The van der Waals surface area contributed by atoms with Crippen LogP contribution in [0.15, 0.2) is 6.07 Å². The molecule has 106 valence electrons. The zero-order valence-electron chi connectivity index (χ0n) is 11.5. The Morgan fingerprint density at radius 3 is 2.85 bits per heavy atom. The molecule has 2 heterocycles. The topological polar surface area (TPSA) is 80.7 Å². The molecule has 0 aliphatic carbocycles. The quantitative estimate of drug-likeness (QED) is 0.459. The first-order valence-corrected chi connectivity index (χ1v) is 6.29. The molecule has 1 aromatic heterocycles. The summed E-state index contributed by atoms with van der Waals surface area (Å²) in [7, 11) is 9.12. The molecule has 0 bridgehead atoms. The van der Waals surface area contributed by atoms with Crippen LogP contribution in [0.25, 0.3) is 0 Å². The summed E-state index contributed by atoms with van der Waals surface area (Å²) in [5.41, 5.74) is 1.35. The number of hydrogen-bond acceptors (Lipinski definition) is 6. The second kappa shape index (κ2) is 5.91. The molecule has 1 unspecified atom stereocenters. The normalized spacial score (nSPS) is 21.4. The maximum Gasteiger partial charge on any atom is 0.201 e. The van der Waals surface area contributed by atoms with Crippen LogP contribution in [0, 0.1) is 0 Å². The van der Waals surface area contributed by atoms with Gasteiger partial charge in [0.1, 0.15) is 11.5 Å². The average Bonchev–Trinajstić information content (AvgIpc) is 2.48. The Balaban J connectivity index is 2.57. The number of aldehydes is 1. The molecule has 2 rings (SSSR count). The SMILES string of the molecule is [B]C1(CO)CCNc2nc(C(OC)OC)c(C=O)cc21. The van der Waals surface area contributed by atoms with Gasteiger partial charge >= 0.3 is 0 Å². The van der Waals surface area contributed by atoms with Gasteiger partial charge in [0.15, 0.2) is 6.29 Å². The predicted octanol–water partition coefficient (Wildman–Crippen LogP) is 0.357. The number of aliphatic hydroxyl groups excluding tert-OH is 1. The van der Waals surface area contributed by atoms with E-state index in [-0.39, 0.29) is 6.61 Å². The molecule has 0 aromatic carbocycles. The van der Waals surface area contributed by atoms with E-state index in [1.807, 2.05) is 0 Å². The molecule has 0 saturated heterocycles. The number of nitrogens with one attached hydrogen (secondary N) is 1. The Labute approximate surface area is 118 Å². The zero-order chi connectivity index (χ0) is 14.8. The van der Waals surface area contributed by atoms with Crippen molar-refractivity contribution >= 4 is 20.0 Å². The lowest BCUT2D eigenvalue weighted by atomic mass is 9.61. The van der Waals surface area contributed by atoms with E-state index in [0.29, 0.717) is 41.9 Å². The fraction of sp³-hybridized carbons (Fsp3) is 0.538. The van der Waals surface area contributed by atoms with Crippen molar-refractivity contribution in [2.24, 2.45) is 0 Å². The number of aliphatic hydroxyl groups is 1. The van der Waals surface area contributed by atoms with Crippen molar-refractivity contribution < 1.29 is 19.4 Å². The summed E-state index contributed by atoms with van der Waals surface area (Å²) in [4.78, 5) is 15.7. The molecule has 2 N–H and O–H groups in total. The summed E-state index contributed by atoms with van der Waals surface area (Å²) in [6.07, 6.45) is 0.513.